The third-order valence-electron chi connectivity index (χ3n) is 3.16. The van der Waals surface area contributed by atoms with Crippen LogP contribution < -0.4 is 4.74 Å². The topological polar surface area (TPSA) is 49.8 Å². The molecule has 0 aliphatic carbocycles. The number of aliphatic carboxylic acids is 1. The molecule has 4 nitrogen and oxygen atoms in total. The van der Waals surface area contributed by atoms with E-state index in [1.54, 1.807) is 0 Å². The standard InChI is InChI=1S/C16H25NO3/c1-4-20-15-8-5-7-14(11-15)12-17(13(2)3)10-6-9-16(18)19/h5,7-8,11,13H,4,6,9-10,12H2,1-3H3,(H,18,19). The van der Waals surface area contributed by atoms with E-state index in [2.05, 4.69) is 30.9 Å². The monoisotopic (exact) mass is 279 g/mol. The smallest absolute Gasteiger partial charge is 0.303 e. The van der Waals surface area contributed by atoms with Gasteiger partial charge in [-0.2, -0.15) is 0 Å². The number of nitrogens with zero attached hydrogens (tertiary/aromatic N) is 1. The molecule has 0 heterocycles. The summed E-state index contributed by atoms with van der Waals surface area (Å²) >= 11 is 0. The summed E-state index contributed by atoms with van der Waals surface area (Å²) in [5.41, 5.74) is 1.19. The lowest BCUT2D eigenvalue weighted by Crippen LogP contribution is -2.31. The molecule has 0 aromatic heterocycles. The number of ether oxygens (including phenoxy) is 1. The van der Waals surface area contributed by atoms with E-state index in [0.717, 1.165) is 18.8 Å². The normalized spacial score (nSPS) is 11.1. The van der Waals surface area contributed by atoms with E-state index in [1.807, 2.05) is 19.1 Å². The highest BCUT2D eigenvalue weighted by atomic mass is 16.5. The molecular formula is C16H25NO3. The van der Waals surface area contributed by atoms with E-state index in [9.17, 15) is 4.79 Å². The number of hydrogen-bond donors (Lipinski definition) is 1. The van der Waals surface area contributed by atoms with Crippen molar-refractivity contribution < 1.29 is 14.6 Å². The van der Waals surface area contributed by atoms with Crippen LogP contribution in [0.2, 0.25) is 0 Å². The van der Waals surface area contributed by atoms with E-state index >= 15 is 0 Å². The zero-order valence-electron chi connectivity index (χ0n) is 12.6. The summed E-state index contributed by atoms with van der Waals surface area (Å²) in [6.45, 7) is 8.51. The van der Waals surface area contributed by atoms with Crippen molar-refractivity contribution >= 4 is 5.97 Å². The minimum atomic E-state index is -0.730. The summed E-state index contributed by atoms with van der Waals surface area (Å²) in [4.78, 5) is 12.9. The Bertz CT molecular complexity index is 418. The van der Waals surface area contributed by atoms with Crippen LogP contribution in [0.25, 0.3) is 0 Å². The largest absolute Gasteiger partial charge is 0.494 e. The molecule has 0 saturated heterocycles. The lowest BCUT2D eigenvalue weighted by molar-refractivity contribution is -0.137. The first-order chi connectivity index (χ1) is 9.52. The summed E-state index contributed by atoms with van der Waals surface area (Å²) < 4.78 is 5.50. The minimum absolute atomic E-state index is 0.224. The molecule has 0 saturated carbocycles. The second-order valence-corrected chi connectivity index (χ2v) is 5.14. The van der Waals surface area contributed by atoms with Crippen molar-refractivity contribution in [3.8, 4) is 5.75 Å². The molecule has 0 aliphatic rings. The van der Waals surface area contributed by atoms with Crippen molar-refractivity contribution in [2.45, 2.75) is 46.2 Å². The fourth-order valence-electron chi connectivity index (χ4n) is 2.09. The van der Waals surface area contributed by atoms with Gasteiger partial charge < -0.3 is 9.84 Å². The molecule has 0 unspecified atom stereocenters. The highest BCUT2D eigenvalue weighted by Crippen LogP contribution is 2.16. The van der Waals surface area contributed by atoms with Crippen molar-refractivity contribution in [1.29, 1.82) is 0 Å². The molecule has 0 radical (unpaired) electrons. The number of rotatable bonds is 9. The van der Waals surface area contributed by atoms with Crippen LogP contribution in [-0.4, -0.2) is 35.2 Å². The first-order valence-corrected chi connectivity index (χ1v) is 7.20. The van der Waals surface area contributed by atoms with E-state index in [0.29, 0.717) is 19.1 Å². The van der Waals surface area contributed by atoms with Gasteiger partial charge in [0.25, 0.3) is 0 Å². The van der Waals surface area contributed by atoms with Crippen molar-refractivity contribution in [3.63, 3.8) is 0 Å². The first-order valence-electron chi connectivity index (χ1n) is 7.20. The predicted molar refractivity (Wildman–Crippen MR) is 80.0 cm³/mol. The molecule has 0 aliphatic heterocycles. The lowest BCUT2D eigenvalue weighted by Gasteiger charge is -2.26. The number of hydrogen-bond acceptors (Lipinski definition) is 3. The number of carboxylic acid groups (broad SMARTS) is 1. The Morgan fingerprint density at radius 3 is 2.75 bits per heavy atom. The second kappa shape index (κ2) is 8.59. The Hall–Kier alpha value is -1.55. The van der Waals surface area contributed by atoms with Crippen LogP contribution in [0.15, 0.2) is 24.3 Å². The van der Waals surface area contributed by atoms with Gasteiger partial charge in [0.05, 0.1) is 6.61 Å². The maximum Gasteiger partial charge on any atom is 0.303 e. The zero-order chi connectivity index (χ0) is 15.0. The SMILES string of the molecule is CCOc1cccc(CN(CCCC(=O)O)C(C)C)c1. The molecule has 0 atom stereocenters. The molecule has 1 rings (SSSR count). The van der Waals surface area contributed by atoms with Gasteiger partial charge in [0.2, 0.25) is 0 Å². The summed E-state index contributed by atoms with van der Waals surface area (Å²) in [5.74, 6) is 0.159. The van der Waals surface area contributed by atoms with E-state index in [4.69, 9.17) is 9.84 Å². The van der Waals surface area contributed by atoms with Crippen LogP contribution in [0.1, 0.15) is 39.2 Å². The van der Waals surface area contributed by atoms with Crippen molar-refractivity contribution in [3.05, 3.63) is 29.8 Å². The minimum Gasteiger partial charge on any atom is -0.494 e. The molecule has 1 N–H and O–H groups in total. The number of benzene rings is 1. The van der Waals surface area contributed by atoms with Gasteiger partial charge in [0.1, 0.15) is 5.75 Å². The van der Waals surface area contributed by atoms with Crippen LogP contribution >= 0.6 is 0 Å². The molecule has 112 valence electrons. The zero-order valence-corrected chi connectivity index (χ0v) is 12.6. The van der Waals surface area contributed by atoms with Gasteiger partial charge >= 0.3 is 5.97 Å². The summed E-state index contributed by atoms with van der Waals surface area (Å²) in [6, 6.07) is 8.47. The molecule has 20 heavy (non-hydrogen) atoms. The van der Waals surface area contributed by atoms with E-state index < -0.39 is 5.97 Å². The third kappa shape index (κ3) is 6.06. The van der Waals surface area contributed by atoms with E-state index in [1.165, 1.54) is 5.56 Å². The van der Waals surface area contributed by atoms with Gasteiger partial charge in [-0.05, 0) is 51.4 Å². The summed E-state index contributed by atoms with van der Waals surface area (Å²) in [6.07, 6.45) is 0.904. The van der Waals surface area contributed by atoms with Gasteiger partial charge in [-0.15, -0.1) is 0 Å². The maximum atomic E-state index is 10.6. The van der Waals surface area contributed by atoms with Gasteiger partial charge in [0, 0.05) is 19.0 Å². The van der Waals surface area contributed by atoms with Gasteiger partial charge in [-0.1, -0.05) is 12.1 Å². The third-order valence-corrected chi connectivity index (χ3v) is 3.16. The van der Waals surface area contributed by atoms with Crippen molar-refractivity contribution in [1.82, 2.24) is 4.90 Å². The second-order valence-electron chi connectivity index (χ2n) is 5.14. The Balaban J connectivity index is 2.60. The fraction of sp³-hybridized carbons (Fsp3) is 0.562. The van der Waals surface area contributed by atoms with Gasteiger partial charge in [-0.25, -0.2) is 0 Å². The van der Waals surface area contributed by atoms with Crippen molar-refractivity contribution in [2.24, 2.45) is 0 Å². The molecule has 1 aromatic carbocycles. The number of carboxylic acids is 1. The lowest BCUT2D eigenvalue weighted by atomic mass is 10.1. The predicted octanol–water partition coefficient (Wildman–Crippen LogP) is 3.16. The Kier molecular flexibility index (Phi) is 7.09. The fourth-order valence-corrected chi connectivity index (χ4v) is 2.09. The first kappa shape index (κ1) is 16.5. The molecule has 4 heteroatoms. The van der Waals surface area contributed by atoms with Crippen LogP contribution in [0.5, 0.6) is 5.75 Å². The highest BCUT2D eigenvalue weighted by Gasteiger charge is 2.11. The Morgan fingerprint density at radius 1 is 1.40 bits per heavy atom. The van der Waals surface area contributed by atoms with E-state index in [-0.39, 0.29) is 6.42 Å². The summed E-state index contributed by atoms with van der Waals surface area (Å²) in [5, 5.41) is 8.72. The Morgan fingerprint density at radius 2 is 2.15 bits per heavy atom. The van der Waals surface area contributed by atoms with Crippen LogP contribution in [0, 0.1) is 0 Å². The number of carbonyl (C=O) groups is 1. The molecule has 0 fully saturated rings. The average molecular weight is 279 g/mol. The van der Waals surface area contributed by atoms with Crippen LogP contribution in [0.3, 0.4) is 0 Å². The molecule has 0 bridgehead atoms. The van der Waals surface area contributed by atoms with Crippen LogP contribution in [-0.2, 0) is 11.3 Å². The van der Waals surface area contributed by atoms with Gasteiger partial charge in [-0.3, -0.25) is 9.69 Å². The van der Waals surface area contributed by atoms with Crippen LogP contribution in [0.4, 0.5) is 0 Å². The highest BCUT2D eigenvalue weighted by molar-refractivity contribution is 5.66. The molecule has 1 aromatic rings. The maximum absolute atomic E-state index is 10.6. The average Bonchev–Trinajstić information content (AvgIpc) is 2.38. The quantitative estimate of drug-likeness (QED) is 0.754. The van der Waals surface area contributed by atoms with Gasteiger partial charge in [0.15, 0.2) is 0 Å². The molecular weight excluding hydrogens is 254 g/mol. The Labute approximate surface area is 121 Å². The van der Waals surface area contributed by atoms with Crippen molar-refractivity contribution in [2.75, 3.05) is 13.2 Å². The molecule has 0 spiro atoms. The summed E-state index contributed by atoms with van der Waals surface area (Å²) in [7, 11) is 0. The molecule has 0 amide bonds.